The van der Waals surface area contributed by atoms with Gasteiger partial charge in [-0.1, -0.05) is 25.1 Å². The van der Waals surface area contributed by atoms with Crippen LogP contribution in [0, 0.1) is 5.92 Å². The predicted octanol–water partition coefficient (Wildman–Crippen LogP) is 1.86. The van der Waals surface area contributed by atoms with Crippen LogP contribution < -0.4 is 11.1 Å². The molecule has 0 heterocycles. The highest BCUT2D eigenvalue weighted by Gasteiger charge is 2.10. The Hall–Kier alpha value is -0.860. The van der Waals surface area contributed by atoms with Crippen LogP contribution >= 0.6 is 0 Å². The number of hydrogen-bond donors (Lipinski definition) is 2. The van der Waals surface area contributed by atoms with Gasteiger partial charge in [0.05, 0.1) is 0 Å². The third-order valence-corrected chi connectivity index (χ3v) is 3.39. The van der Waals surface area contributed by atoms with E-state index >= 15 is 0 Å². The van der Waals surface area contributed by atoms with Crippen LogP contribution in [0.1, 0.15) is 30.0 Å². The van der Waals surface area contributed by atoms with Crippen LogP contribution in [0.5, 0.6) is 0 Å². The van der Waals surface area contributed by atoms with Crippen molar-refractivity contribution >= 4 is 0 Å². The lowest BCUT2D eigenvalue weighted by Crippen LogP contribution is -2.25. The van der Waals surface area contributed by atoms with Gasteiger partial charge in [-0.2, -0.15) is 0 Å². The molecule has 2 nitrogen and oxygen atoms in total. The van der Waals surface area contributed by atoms with Crippen LogP contribution in [0.15, 0.2) is 18.2 Å². The first-order chi connectivity index (χ1) is 7.79. The molecular weight excluding hydrogens is 196 g/mol. The molecule has 2 heteroatoms. The monoisotopic (exact) mass is 218 g/mol. The van der Waals surface area contributed by atoms with Crippen molar-refractivity contribution in [2.45, 2.75) is 32.7 Å². The number of benzene rings is 1. The van der Waals surface area contributed by atoms with Crippen molar-refractivity contribution in [3.8, 4) is 0 Å². The molecule has 2 rings (SSSR count). The molecule has 1 aromatic carbocycles. The second-order valence-electron chi connectivity index (χ2n) is 4.93. The van der Waals surface area contributed by atoms with E-state index < -0.39 is 0 Å². The Labute approximate surface area is 98.2 Å². The Morgan fingerprint density at radius 2 is 2.12 bits per heavy atom. The van der Waals surface area contributed by atoms with E-state index in [2.05, 4.69) is 30.4 Å². The fourth-order valence-corrected chi connectivity index (χ4v) is 2.28. The summed E-state index contributed by atoms with van der Waals surface area (Å²) in [5.74, 6) is 0.564. The van der Waals surface area contributed by atoms with Crippen molar-refractivity contribution in [2.24, 2.45) is 11.7 Å². The summed E-state index contributed by atoms with van der Waals surface area (Å²) in [4.78, 5) is 0. The molecule has 0 amide bonds. The molecule has 0 saturated carbocycles. The van der Waals surface area contributed by atoms with Crippen molar-refractivity contribution < 1.29 is 0 Å². The van der Waals surface area contributed by atoms with Gasteiger partial charge < -0.3 is 11.1 Å². The average molecular weight is 218 g/mol. The van der Waals surface area contributed by atoms with Crippen LogP contribution in [0.3, 0.4) is 0 Å². The highest BCUT2D eigenvalue weighted by atomic mass is 14.9. The summed E-state index contributed by atoms with van der Waals surface area (Å²) in [5.41, 5.74) is 10.1. The standard InChI is InChI=1S/C14H22N2/c1-11(8-15)9-16-10-12-5-6-13-3-2-4-14(13)7-12/h5-7,11,16H,2-4,8-10,15H2,1H3. The minimum atomic E-state index is 0.564. The Morgan fingerprint density at radius 1 is 1.31 bits per heavy atom. The van der Waals surface area contributed by atoms with Gasteiger partial charge in [0.25, 0.3) is 0 Å². The van der Waals surface area contributed by atoms with E-state index in [0.717, 1.165) is 19.6 Å². The highest BCUT2D eigenvalue weighted by molar-refractivity contribution is 5.35. The lowest BCUT2D eigenvalue weighted by Gasteiger charge is -2.10. The van der Waals surface area contributed by atoms with E-state index in [-0.39, 0.29) is 0 Å². The lowest BCUT2D eigenvalue weighted by atomic mass is 10.1. The average Bonchev–Trinajstić information content (AvgIpc) is 2.76. The Balaban J connectivity index is 1.86. The van der Waals surface area contributed by atoms with Gasteiger partial charge in [-0.25, -0.2) is 0 Å². The maximum atomic E-state index is 5.59. The zero-order chi connectivity index (χ0) is 11.4. The molecule has 0 aromatic heterocycles. The number of aryl methyl sites for hydroxylation is 2. The summed E-state index contributed by atoms with van der Waals surface area (Å²) in [5, 5.41) is 3.46. The fourth-order valence-electron chi connectivity index (χ4n) is 2.28. The van der Waals surface area contributed by atoms with Gasteiger partial charge in [0, 0.05) is 6.54 Å². The molecule has 0 radical (unpaired) electrons. The predicted molar refractivity (Wildman–Crippen MR) is 68.4 cm³/mol. The van der Waals surface area contributed by atoms with Crippen molar-refractivity contribution in [1.29, 1.82) is 0 Å². The number of fused-ring (bicyclic) bond motifs is 1. The van der Waals surface area contributed by atoms with Gasteiger partial charge >= 0.3 is 0 Å². The van der Waals surface area contributed by atoms with E-state index in [1.807, 2.05) is 0 Å². The number of nitrogens with two attached hydrogens (primary N) is 1. The quantitative estimate of drug-likeness (QED) is 0.791. The van der Waals surface area contributed by atoms with Crippen LogP contribution in [0.2, 0.25) is 0 Å². The van der Waals surface area contributed by atoms with Crippen LogP contribution in [-0.4, -0.2) is 13.1 Å². The second kappa shape index (κ2) is 5.46. The van der Waals surface area contributed by atoms with E-state index in [9.17, 15) is 0 Å². The molecule has 0 fully saturated rings. The molecule has 0 bridgehead atoms. The largest absolute Gasteiger partial charge is 0.330 e. The summed E-state index contributed by atoms with van der Waals surface area (Å²) in [6.07, 6.45) is 3.87. The lowest BCUT2D eigenvalue weighted by molar-refractivity contribution is 0.522. The molecule has 0 spiro atoms. The molecule has 1 aliphatic carbocycles. The molecule has 1 aromatic rings. The second-order valence-corrected chi connectivity index (χ2v) is 4.93. The third kappa shape index (κ3) is 2.83. The van der Waals surface area contributed by atoms with Crippen molar-refractivity contribution in [3.05, 3.63) is 34.9 Å². The van der Waals surface area contributed by atoms with Gasteiger partial charge in [-0.05, 0) is 55.0 Å². The molecule has 88 valence electrons. The SMILES string of the molecule is CC(CN)CNCc1ccc2c(c1)CCC2. The number of nitrogens with one attached hydrogen (secondary N) is 1. The fraction of sp³-hybridized carbons (Fsp3) is 0.571. The molecule has 16 heavy (non-hydrogen) atoms. The van der Waals surface area contributed by atoms with Crippen molar-refractivity contribution in [3.63, 3.8) is 0 Å². The van der Waals surface area contributed by atoms with Gasteiger partial charge in [0.2, 0.25) is 0 Å². The minimum absolute atomic E-state index is 0.564. The summed E-state index contributed by atoms with van der Waals surface area (Å²) in [7, 11) is 0. The molecule has 3 N–H and O–H groups in total. The molecule has 0 aliphatic heterocycles. The molecule has 0 saturated heterocycles. The molecular formula is C14H22N2. The number of rotatable bonds is 5. The summed E-state index contributed by atoms with van der Waals surface area (Å²) in [6, 6.07) is 6.92. The normalized spacial score (nSPS) is 16.1. The van der Waals surface area contributed by atoms with Crippen molar-refractivity contribution in [2.75, 3.05) is 13.1 Å². The third-order valence-electron chi connectivity index (χ3n) is 3.39. The first-order valence-corrected chi connectivity index (χ1v) is 6.31. The number of hydrogen-bond acceptors (Lipinski definition) is 2. The van der Waals surface area contributed by atoms with Crippen LogP contribution in [-0.2, 0) is 19.4 Å². The van der Waals surface area contributed by atoms with Crippen LogP contribution in [0.25, 0.3) is 0 Å². The van der Waals surface area contributed by atoms with E-state index in [1.165, 1.54) is 24.8 Å². The summed E-state index contributed by atoms with van der Waals surface area (Å²) in [6.45, 7) is 4.91. The zero-order valence-corrected chi connectivity index (χ0v) is 10.1. The topological polar surface area (TPSA) is 38.0 Å². The first-order valence-electron chi connectivity index (χ1n) is 6.31. The van der Waals surface area contributed by atoms with Gasteiger partial charge in [-0.15, -0.1) is 0 Å². The maximum Gasteiger partial charge on any atom is 0.0205 e. The summed E-state index contributed by atoms with van der Waals surface area (Å²) < 4.78 is 0. The zero-order valence-electron chi connectivity index (χ0n) is 10.1. The van der Waals surface area contributed by atoms with Gasteiger partial charge in [0.15, 0.2) is 0 Å². The molecule has 1 aliphatic rings. The minimum Gasteiger partial charge on any atom is -0.330 e. The Bertz CT molecular complexity index is 347. The van der Waals surface area contributed by atoms with Crippen LogP contribution in [0.4, 0.5) is 0 Å². The van der Waals surface area contributed by atoms with Gasteiger partial charge in [-0.3, -0.25) is 0 Å². The Kier molecular flexibility index (Phi) is 3.97. The molecule has 1 atom stereocenters. The summed E-state index contributed by atoms with van der Waals surface area (Å²) >= 11 is 0. The van der Waals surface area contributed by atoms with Gasteiger partial charge in [0.1, 0.15) is 0 Å². The Morgan fingerprint density at radius 3 is 2.94 bits per heavy atom. The molecule has 1 unspecified atom stereocenters. The van der Waals surface area contributed by atoms with E-state index in [4.69, 9.17) is 5.73 Å². The highest BCUT2D eigenvalue weighted by Crippen LogP contribution is 2.22. The van der Waals surface area contributed by atoms with E-state index in [1.54, 1.807) is 11.1 Å². The van der Waals surface area contributed by atoms with Crippen molar-refractivity contribution in [1.82, 2.24) is 5.32 Å². The van der Waals surface area contributed by atoms with E-state index in [0.29, 0.717) is 5.92 Å². The maximum absolute atomic E-state index is 5.59. The smallest absolute Gasteiger partial charge is 0.0205 e. The first kappa shape index (κ1) is 11.6.